The van der Waals surface area contributed by atoms with E-state index in [4.69, 9.17) is 4.52 Å². The molecule has 0 aliphatic rings. The number of aromatic nitrogens is 8. The Kier molecular flexibility index (Phi) is 4.29. The fraction of sp³-hybridized carbons (Fsp3) is 0.188. The fourth-order valence-corrected chi connectivity index (χ4v) is 2.35. The van der Waals surface area contributed by atoms with Crippen LogP contribution in [0.25, 0.3) is 22.9 Å². The highest BCUT2D eigenvalue weighted by atomic mass is 16.5. The number of anilines is 1. The van der Waals surface area contributed by atoms with Crippen molar-refractivity contribution < 1.29 is 4.52 Å². The Morgan fingerprint density at radius 3 is 2.92 bits per heavy atom. The molecular formula is C16H15N9O. The number of rotatable bonds is 6. The molecule has 1 N–H and O–H groups in total. The lowest BCUT2D eigenvalue weighted by molar-refractivity contribution is 0.381. The van der Waals surface area contributed by atoms with Crippen LogP contribution in [0, 0.1) is 0 Å². The summed E-state index contributed by atoms with van der Waals surface area (Å²) in [6.45, 7) is 0.553. The number of hydrogen-bond acceptors (Lipinski definition) is 9. The Morgan fingerprint density at radius 2 is 2.12 bits per heavy atom. The van der Waals surface area contributed by atoms with Crippen molar-refractivity contribution >= 4 is 5.95 Å². The first-order valence-electron chi connectivity index (χ1n) is 7.94. The van der Waals surface area contributed by atoms with Gasteiger partial charge in [0, 0.05) is 44.2 Å². The van der Waals surface area contributed by atoms with Gasteiger partial charge >= 0.3 is 0 Å². The zero-order chi connectivity index (χ0) is 17.8. The van der Waals surface area contributed by atoms with Gasteiger partial charge in [-0.15, -0.1) is 0 Å². The van der Waals surface area contributed by atoms with Crippen LogP contribution in [0.1, 0.15) is 5.89 Å². The fourth-order valence-electron chi connectivity index (χ4n) is 2.35. The first-order valence-corrected chi connectivity index (χ1v) is 7.94. The van der Waals surface area contributed by atoms with Crippen molar-refractivity contribution in [3.05, 3.63) is 49.0 Å². The van der Waals surface area contributed by atoms with Gasteiger partial charge in [0.15, 0.2) is 5.82 Å². The van der Waals surface area contributed by atoms with E-state index in [1.165, 1.54) is 6.33 Å². The van der Waals surface area contributed by atoms with Crippen molar-refractivity contribution in [2.24, 2.45) is 7.05 Å². The monoisotopic (exact) mass is 349 g/mol. The molecule has 0 aromatic carbocycles. The summed E-state index contributed by atoms with van der Waals surface area (Å²) in [4.78, 5) is 21.2. The molecule has 10 heteroatoms. The first-order chi connectivity index (χ1) is 12.8. The van der Waals surface area contributed by atoms with Gasteiger partial charge in [-0.05, 0) is 18.2 Å². The van der Waals surface area contributed by atoms with E-state index in [-0.39, 0.29) is 0 Å². The van der Waals surface area contributed by atoms with Gasteiger partial charge in [0.2, 0.25) is 17.7 Å². The van der Waals surface area contributed by atoms with Gasteiger partial charge in [0.1, 0.15) is 12.0 Å². The Morgan fingerprint density at radius 1 is 1.15 bits per heavy atom. The third-order valence-electron chi connectivity index (χ3n) is 3.61. The van der Waals surface area contributed by atoms with Gasteiger partial charge < -0.3 is 9.84 Å². The SMILES string of the molecule is Cn1ncnc1-c1ccnc(NCCc2nc(-c3cccnc3)no2)n1. The molecule has 4 aromatic rings. The molecule has 0 atom stereocenters. The van der Waals surface area contributed by atoms with E-state index < -0.39 is 0 Å². The van der Waals surface area contributed by atoms with Crippen LogP contribution in [0.2, 0.25) is 0 Å². The highest BCUT2D eigenvalue weighted by molar-refractivity contribution is 5.52. The van der Waals surface area contributed by atoms with E-state index in [0.29, 0.717) is 42.1 Å². The summed E-state index contributed by atoms with van der Waals surface area (Å²) in [6, 6.07) is 5.49. The lowest BCUT2D eigenvalue weighted by Gasteiger charge is -2.04. The molecule has 10 nitrogen and oxygen atoms in total. The summed E-state index contributed by atoms with van der Waals surface area (Å²) >= 11 is 0. The third kappa shape index (κ3) is 3.38. The van der Waals surface area contributed by atoms with Crippen LogP contribution in [0.4, 0.5) is 5.95 Å². The molecule has 0 saturated heterocycles. The second-order valence-electron chi connectivity index (χ2n) is 5.40. The highest BCUT2D eigenvalue weighted by Crippen LogP contribution is 2.15. The maximum atomic E-state index is 5.26. The molecule has 0 amide bonds. The zero-order valence-electron chi connectivity index (χ0n) is 13.9. The molecule has 0 spiro atoms. The quantitative estimate of drug-likeness (QED) is 0.550. The number of pyridine rings is 1. The van der Waals surface area contributed by atoms with Gasteiger partial charge in [-0.1, -0.05) is 5.16 Å². The minimum absolute atomic E-state index is 0.498. The standard InChI is InChI=1S/C16H15N9O/c1-25-15(20-10-21-25)12-4-7-18-16(22-12)19-8-5-13-23-14(24-26-13)11-3-2-6-17-9-11/h2-4,6-7,9-10H,5,8H2,1H3,(H,18,19,22). The molecule has 0 aliphatic carbocycles. The van der Waals surface area contributed by atoms with Gasteiger partial charge in [-0.2, -0.15) is 10.1 Å². The summed E-state index contributed by atoms with van der Waals surface area (Å²) in [7, 11) is 1.81. The summed E-state index contributed by atoms with van der Waals surface area (Å²) < 4.78 is 6.92. The first kappa shape index (κ1) is 15.8. The van der Waals surface area contributed by atoms with Crippen LogP contribution in [-0.2, 0) is 13.5 Å². The minimum atomic E-state index is 0.498. The Bertz CT molecular complexity index is 996. The minimum Gasteiger partial charge on any atom is -0.354 e. The highest BCUT2D eigenvalue weighted by Gasteiger charge is 2.10. The summed E-state index contributed by atoms with van der Waals surface area (Å²) in [5, 5.41) is 11.2. The Balaban J connectivity index is 1.38. The average molecular weight is 349 g/mol. The predicted octanol–water partition coefficient (Wildman–Crippen LogP) is 1.37. The molecular weight excluding hydrogens is 334 g/mol. The van der Waals surface area contributed by atoms with E-state index in [1.54, 1.807) is 29.3 Å². The normalized spacial score (nSPS) is 10.8. The van der Waals surface area contributed by atoms with Crippen LogP contribution in [0.5, 0.6) is 0 Å². The molecule has 0 bridgehead atoms. The predicted molar refractivity (Wildman–Crippen MR) is 91.8 cm³/mol. The number of aryl methyl sites for hydroxylation is 1. The van der Waals surface area contributed by atoms with E-state index in [1.807, 2.05) is 19.2 Å². The smallest absolute Gasteiger partial charge is 0.228 e. The largest absolute Gasteiger partial charge is 0.354 e. The lowest BCUT2D eigenvalue weighted by Crippen LogP contribution is -2.09. The van der Waals surface area contributed by atoms with Crippen LogP contribution in [0.3, 0.4) is 0 Å². The van der Waals surface area contributed by atoms with Crippen molar-refractivity contribution in [2.75, 3.05) is 11.9 Å². The average Bonchev–Trinajstić information content (AvgIpc) is 3.32. The van der Waals surface area contributed by atoms with Crippen LogP contribution in [0.15, 0.2) is 47.6 Å². The van der Waals surface area contributed by atoms with E-state index in [2.05, 4.69) is 40.5 Å². The zero-order valence-corrected chi connectivity index (χ0v) is 13.9. The number of hydrogen-bond donors (Lipinski definition) is 1. The van der Waals surface area contributed by atoms with Crippen molar-refractivity contribution in [2.45, 2.75) is 6.42 Å². The third-order valence-corrected chi connectivity index (χ3v) is 3.61. The van der Waals surface area contributed by atoms with Crippen molar-refractivity contribution in [1.82, 2.24) is 39.9 Å². The van der Waals surface area contributed by atoms with E-state index in [0.717, 1.165) is 5.56 Å². The molecule has 0 aliphatic heterocycles. The van der Waals surface area contributed by atoms with Crippen LogP contribution in [-0.4, -0.2) is 46.4 Å². The van der Waals surface area contributed by atoms with Gasteiger partial charge in [0.25, 0.3) is 0 Å². The molecule has 0 fully saturated rings. The summed E-state index contributed by atoms with van der Waals surface area (Å²) in [6.07, 6.45) is 7.10. The summed E-state index contributed by atoms with van der Waals surface area (Å²) in [5.41, 5.74) is 1.51. The van der Waals surface area contributed by atoms with Crippen molar-refractivity contribution in [3.63, 3.8) is 0 Å². The summed E-state index contributed by atoms with van der Waals surface area (Å²) in [5.74, 6) is 2.22. The molecule has 0 saturated carbocycles. The van der Waals surface area contributed by atoms with Gasteiger partial charge in [-0.25, -0.2) is 19.6 Å². The van der Waals surface area contributed by atoms with Gasteiger partial charge in [-0.3, -0.25) is 4.98 Å². The molecule has 4 rings (SSSR count). The molecule has 0 unspecified atom stereocenters. The second kappa shape index (κ2) is 7.05. The number of nitrogens with one attached hydrogen (secondary N) is 1. The lowest BCUT2D eigenvalue weighted by atomic mass is 10.3. The van der Waals surface area contributed by atoms with Crippen LogP contribution < -0.4 is 5.32 Å². The molecule has 4 heterocycles. The topological polar surface area (TPSA) is 120 Å². The van der Waals surface area contributed by atoms with E-state index >= 15 is 0 Å². The number of nitrogens with zero attached hydrogens (tertiary/aromatic N) is 8. The maximum Gasteiger partial charge on any atom is 0.228 e. The van der Waals surface area contributed by atoms with Crippen molar-refractivity contribution in [1.29, 1.82) is 0 Å². The molecule has 130 valence electrons. The van der Waals surface area contributed by atoms with E-state index in [9.17, 15) is 0 Å². The maximum absolute atomic E-state index is 5.26. The van der Waals surface area contributed by atoms with Crippen LogP contribution >= 0.6 is 0 Å². The van der Waals surface area contributed by atoms with Gasteiger partial charge in [0.05, 0.1) is 0 Å². The van der Waals surface area contributed by atoms with Crippen molar-refractivity contribution in [3.8, 4) is 22.9 Å². The molecule has 4 aromatic heterocycles. The second-order valence-corrected chi connectivity index (χ2v) is 5.40. The molecule has 0 radical (unpaired) electrons. The Hall–Kier alpha value is -3.69. The molecule has 26 heavy (non-hydrogen) atoms. The Labute approximate surface area is 148 Å².